The number of anilines is 1. The molecule has 0 aliphatic rings. The van der Waals surface area contributed by atoms with Gasteiger partial charge in [-0.1, -0.05) is 12.2 Å². The van der Waals surface area contributed by atoms with Crippen LogP contribution in [0.25, 0.3) is 6.08 Å². The van der Waals surface area contributed by atoms with Crippen LogP contribution in [0.1, 0.15) is 11.1 Å². The van der Waals surface area contributed by atoms with Crippen LogP contribution >= 0.6 is 0 Å². The fourth-order valence-electron chi connectivity index (χ4n) is 1.24. The van der Waals surface area contributed by atoms with Crippen molar-refractivity contribution in [1.29, 1.82) is 0 Å². The first-order valence-corrected chi connectivity index (χ1v) is 4.38. The van der Waals surface area contributed by atoms with E-state index in [-0.39, 0.29) is 18.0 Å². The average Bonchev–Trinajstić information content (AvgIpc) is 2.19. The molecule has 0 atom stereocenters. The standard InChI is InChI=1S/C10H12N2O3/c1-7-5-8(3-2-4-13)6-9(10(7)11)12(14)15/h2-3,5-6,13H,4,11H2,1H3. The lowest BCUT2D eigenvalue weighted by atomic mass is 10.1. The van der Waals surface area contributed by atoms with Gasteiger partial charge in [-0.2, -0.15) is 0 Å². The van der Waals surface area contributed by atoms with E-state index < -0.39 is 4.92 Å². The van der Waals surface area contributed by atoms with Crippen LogP contribution in [0.15, 0.2) is 18.2 Å². The van der Waals surface area contributed by atoms with Crippen molar-refractivity contribution in [1.82, 2.24) is 0 Å². The molecular weight excluding hydrogens is 196 g/mol. The van der Waals surface area contributed by atoms with Crippen molar-refractivity contribution < 1.29 is 10.0 Å². The lowest BCUT2D eigenvalue weighted by molar-refractivity contribution is -0.383. The molecule has 5 nitrogen and oxygen atoms in total. The lowest BCUT2D eigenvalue weighted by Crippen LogP contribution is -1.98. The monoisotopic (exact) mass is 208 g/mol. The summed E-state index contributed by atoms with van der Waals surface area (Å²) in [7, 11) is 0. The highest BCUT2D eigenvalue weighted by molar-refractivity contribution is 5.68. The van der Waals surface area contributed by atoms with Gasteiger partial charge in [0.25, 0.3) is 5.69 Å². The number of nitro groups is 1. The van der Waals surface area contributed by atoms with Crippen LogP contribution in [0.2, 0.25) is 0 Å². The fraction of sp³-hybridized carbons (Fsp3) is 0.200. The SMILES string of the molecule is Cc1cc(C=CCO)cc([N+](=O)[O-])c1N. The maximum absolute atomic E-state index is 10.7. The van der Waals surface area contributed by atoms with E-state index in [2.05, 4.69) is 0 Å². The van der Waals surface area contributed by atoms with Gasteiger partial charge in [0.15, 0.2) is 0 Å². The van der Waals surface area contributed by atoms with Crippen molar-refractivity contribution in [2.75, 3.05) is 12.3 Å². The molecule has 15 heavy (non-hydrogen) atoms. The third-order valence-corrected chi connectivity index (χ3v) is 2.00. The molecule has 0 aliphatic carbocycles. The summed E-state index contributed by atoms with van der Waals surface area (Å²) in [5.41, 5.74) is 6.95. The smallest absolute Gasteiger partial charge is 0.292 e. The van der Waals surface area contributed by atoms with Crippen LogP contribution in [0.5, 0.6) is 0 Å². The first-order valence-electron chi connectivity index (χ1n) is 4.38. The largest absolute Gasteiger partial charge is 0.393 e. The number of nitrogen functional groups attached to an aromatic ring is 1. The zero-order chi connectivity index (χ0) is 11.4. The second-order valence-electron chi connectivity index (χ2n) is 3.11. The highest BCUT2D eigenvalue weighted by Gasteiger charge is 2.13. The molecule has 5 heteroatoms. The molecule has 3 N–H and O–H groups in total. The molecule has 0 amide bonds. The Balaban J connectivity index is 3.23. The van der Waals surface area contributed by atoms with Gasteiger partial charge in [-0.3, -0.25) is 10.1 Å². The third kappa shape index (κ3) is 2.54. The minimum atomic E-state index is -0.515. The minimum Gasteiger partial charge on any atom is -0.393 e. The lowest BCUT2D eigenvalue weighted by Gasteiger charge is -2.03. The third-order valence-electron chi connectivity index (χ3n) is 2.00. The predicted octanol–water partition coefficient (Wildman–Crippen LogP) is 1.49. The highest BCUT2D eigenvalue weighted by atomic mass is 16.6. The highest BCUT2D eigenvalue weighted by Crippen LogP contribution is 2.27. The Bertz CT molecular complexity index is 413. The van der Waals surface area contributed by atoms with E-state index in [1.165, 1.54) is 12.1 Å². The number of aliphatic hydroxyl groups is 1. The number of benzene rings is 1. The van der Waals surface area contributed by atoms with E-state index in [0.29, 0.717) is 11.1 Å². The number of nitrogens with two attached hydrogens (primary N) is 1. The molecule has 1 aromatic rings. The Hall–Kier alpha value is -1.88. The number of aliphatic hydroxyl groups excluding tert-OH is 1. The summed E-state index contributed by atoms with van der Waals surface area (Å²) in [5.74, 6) is 0. The molecule has 0 bridgehead atoms. The Morgan fingerprint density at radius 1 is 1.60 bits per heavy atom. The summed E-state index contributed by atoms with van der Waals surface area (Å²) in [6, 6.07) is 3.11. The molecule has 0 unspecified atom stereocenters. The number of hydrogen-bond acceptors (Lipinski definition) is 4. The van der Waals surface area contributed by atoms with Gasteiger partial charge in [-0.15, -0.1) is 0 Å². The van der Waals surface area contributed by atoms with Crippen LogP contribution < -0.4 is 5.73 Å². The predicted molar refractivity (Wildman–Crippen MR) is 58.4 cm³/mol. The zero-order valence-corrected chi connectivity index (χ0v) is 8.30. The van der Waals surface area contributed by atoms with E-state index >= 15 is 0 Å². The Kier molecular flexibility index (Phi) is 3.41. The summed E-state index contributed by atoms with van der Waals surface area (Å²) in [4.78, 5) is 10.1. The summed E-state index contributed by atoms with van der Waals surface area (Å²) in [6.07, 6.45) is 3.12. The summed E-state index contributed by atoms with van der Waals surface area (Å²) in [5, 5.41) is 19.2. The fourth-order valence-corrected chi connectivity index (χ4v) is 1.24. The van der Waals surface area contributed by atoms with Crippen LogP contribution in [0.4, 0.5) is 11.4 Å². The van der Waals surface area contributed by atoms with Crippen LogP contribution in [0.3, 0.4) is 0 Å². The van der Waals surface area contributed by atoms with E-state index in [9.17, 15) is 10.1 Å². The first kappa shape index (κ1) is 11.2. The molecule has 0 heterocycles. The van der Waals surface area contributed by atoms with Gasteiger partial charge < -0.3 is 10.8 Å². The van der Waals surface area contributed by atoms with E-state index in [0.717, 1.165) is 0 Å². The van der Waals surface area contributed by atoms with Gasteiger partial charge in [0.1, 0.15) is 5.69 Å². The molecule has 0 radical (unpaired) electrons. The van der Waals surface area contributed by atoms with Crippen LogP contribution in [-0.4, -0.2) is 16.6 Å². The van der Waals surface area contributed by atoms with E-state index in [1.54, 1.807) is 19.1 Å². The van der Waals surface area contributed by atoms with E-state index in [4.69, 9.17) is 10.8 Å². The summed E-state index contributed by atoms with van der Waals surface area (Å²) in [6.45, 7) is 1.61. The van der Waals surface area contributed by atoms with Gasteiger partial charge in [0.2, 0.25) is 0 Å². The molecule has 80 valence electrons. The molecule has 0 saturated heterocycles. The zero-order valence-electron chi connectivity index (χ0n) is 8.30. The molecule has 1 aromatic carbocycles. The summed E-state index contributed by atoms with van der Waals surface area (Å²) < 4.78 is 0. The first-order chi connectivity index (χ1) is 7.06. The maximum atomic E-state index is 10.7. The molecule has 0 aliphatic heterocycles. The van der Waals surface area contributed by atoms with E-state index in [1.807, 2.05) is 0 Å². The number of nitrogens with zero attached hydrogens (tertiary/aromatic N) is 1. The number of rotatable bonds is 3. The van der Waals surface area contributed by atoms with Crippen molar-refractivity contribution in [2.45, 2.75) is 6.92 Å². The molecule has 0 spiro atoms. The molecule has 0 fully saturated rings. The van der Waals surface area contributed by atoms with Gasteiger partial charge in [0.05, 0.1) is 11.5 Å². The minimum absolute atomic E-state index is 0.1000. The van der Waals surface area contributed by atoms with Crippen molar-refractivity contribution in [2.24, 2.45) is 0 Å². The number of nitro benzene ring substituents is 1. The molecule has 0 saturated carbocycles. The number of hydrogen-bond donors (Lipinski definition) is 2. The van der Waals surface area contributed by atoms with Crippen molar-refractivity contribution in [3.63, 3.8) is 0 Å². The van der Waals surface area contributed by atoms with Crippen molar-refractivity contribution in [3.05, 3.63) is 39.4 Å². The summed E-state index contributed by atoms with van der Waals surface area (Å²) >= 11 is 0. The second kappa shape index (κ2) is 4.56. The van der Waals surface area contributed by atoms with Crippen molar-refractivity contribution >= 4 is 17.5 Å². The average molecular weight is 208 g/mol. The molecule has 1 rings (SSSR count). The van der Waals surface area contributed by atoms with Crippen LogP contribution in [0, 0.1) is 17.0 Å². The van der Waals surface area contributed by atoms with Gasteiger partial charge in [-0.05, 0) is 24.1 Å². The molecular formula is C10H12N2O3. The normalized spacial score (nSPS) is 10.8. The Morgan fingerprint density at radius 2 is 2.27 bits per heavy atom. The quantitative estimate of drug-likeness (QED) is 0.447. The Morgan fingerprint density at radius 3 is 2.80 bits per heavy atom. The van der Waals surface area contributed by atoms with Gasteiger partial charge >= 0.3 is 0 Å². The maximum Gasteiger partial charge on any atom is 0.292 e. The van der Waals surface area contributed by atoms with Gasteiger partial charge in [-0.25, -0.2) is 0 Å². The van der Waals surface area contributed by atoms with Crippen LogP contribution in [-0.2, 0) is 0 Å². The second-order valence-corrected chi connectivity index (χ2v) is 3.11. The van der Waals surface area contributed by atoms with Gasteiger partial charge in [0, 0.05) is 6.07 Å². The molecule has 0 aromatic heterocycles. The Labute approximate surface area is 87.0 Å². The number of aryl methyl sites for hydroxylation is 1. The topological polar surface area (TPSA) is 89.4 Å². The van der Waals surface area contributed by atoms with Crippen molar-refractivity contribution in [3.8, 4) is 0 Å².